The quantitative estimate of drug-likeness (QED) is 0.827. The summed E-state index contributed by atoms with van der Waals surface area (Å²) >= 11 is 0. The van der Waals surface area contributed by atoms with Crippen molar-refractivity contribution in [1.29, 1.82) is 0 Å². The molecule has 1 rings (SSSR count). The predicted molar refractivity (Wildman–Crippen MR) is 67.4 cm³/mol. The predicted octanol–water partition coefficient (Wildman–Crippen LogP) is 2.95. The molecule has 2 nitrogen and oxygen atoms in total. The van der Waals surface area contributed by atoms with Crippen LogP contribution in [-0.4, -0.2) is 20.6 Å². The van der Waals surface area contributed by atoms with Crippen LogP contribution in [0.4, 0.5) is 10.1 Å². The Hall–Kier alpha value is -1.09. The van der Waals surface area contributed by atoms with E-state index in [1.807, 2.05) is 32.0 Å². The Bertz CT molecular complexity index is 339. The molecule has 1 unspecified atom stereocenters. The Balaban J connectivity index is 3.12. The molecule has 0 aromatic heterocycles. The van der Waals surface area contributed by atoms with Crippen molar-refractivity contribution < 1.29 is 4.39 Å². The molecule has 3 heteroatoms. The molecule has 0 heterocycles. The average molecular weight is 224 g/mol. The topological polar surface area (TPSA) is 15.3 Å². The van der Waals surface area contributed by atoms with E-state index in [0.717, 1.165) is 18.5 Å². The van der Waals surface area contributed by atoms with E-state index in [9.17, 15) is 4.39 Å². The fourth-order valence-corrected chi connectivity index (χ4v) is 1.89. The number of anilines is 1. The van der Waals surface area contributed by atoms with E-state index in [-0.39, 0.29) is 11.9 Å². The zero-order valence-corrected chi connectivity index (χ0v) is 10.5. The molecule has 1 aromatic carbocycles. The Morgan fingerprint density at radius 2 is 2.12 bits per heavy atom. The summed E-state index contributed by atoms with van der Waals surface area (Å²) in [5.41, 5.74) is 1.73. The van der Waals surface area contributed by atoms with Crippen LogP contribution in [0.25, 0.3) is 0 Å². The highest BCUT2D eigenvalue weighted by Gasteiger charge is 2.15. The minimum atomic E-state index is -0.143. The first kappa shape index (κ1) is 13.0. The monoisotopic (exact) mass is 224 g/mol. The fraction of sp³-hybridized carbons (Fsp3) is 0.538. The van der Waals surface area contributed by atoms with Gasteiger partial charge in [0.25, 0.3) is 0 Å². The lowest BCUT2D eigenvalue weighted by atomic mass is 10.0. The molecule has 1 N–H and O–H groups in total. The fourth-order valence-electron chi connectivity index (χ4n) is 1.89. The molecule has 16 heavy (non-hydrogen) atoms. The van der Waals surface area contributed by atoms with Crippen LogP contribution in [0.1, 0.15) is 31.9 Å². The van der Waals surface area contributed by atoms with Crippen LogP contribution in [-0.2, 0) is 0 Å². The highest BCUT2D eigenvalue weighted by molar-refractivity contribution is 5.55. The Kier molecular flexibility index (Phi) is 4.74. The molecular formula is C13H21FN2. The molecule has 0 saturated heterocycles. The standard InChI is InChI=1S/C13H21FN2/c1-5-9-16(4)13-11(10(2)15-3)7-6-8-12(13)14/h6-8,10,15H,5,9H2,1-4H3. The summed E-state index contributed by atoms with van der Waals surface area (Å²) in [5.74, 6) is -0.143. The van der Waals surface area contributed by atoms with Crippen LogP contribution in [0.2, 0.25) is 0 Å². The molecule has 0 bridgehead atoms. The van der Waals surface area contributed by atoms with Gasteiger partial charge in [-0.25, -0.2) is 4.39 Å². The lowest BCUT2D eigenvalue weighted by molar-refractivity contribution is 0.602. The summed E-state index contributed by atoms with van der Waals surface area (Å²) in [6, 6.07) is 5.42. The van der Waals surface area contributed by atoms with Gasteiger partial charge in [-0.15, -0.1) is 0 Å². The molecular weight excluding hydrogens is 203 g/mol. The first-order valence-corrected chi connectivity index (χ1v) is 5.78. The molecule has 0 aliphatic rings. The van der Waals surface area contributed by atoms with Crippen LogP contribution in [0.15, 0.2) is 18.2 Å². The second-order valence-electron chi connectivity index (χ2n) is 4.11. The van der Waals surface area contributed by atoms with Gasteiger partial charge in [0, 0.05) is 19.6 Å². The van der Waals surface area contributed by atoms with Crippen molar-refractivity contribution >= 4 is 5.69 Å². The van der Waals surface area contributed by atoms with Gasteiger partial charge in [0.2, 0.25) is 0 Å². The number of nitrogens with one attached hydrogen (secondary N) is 1. The number of benzene rings is 1. The normalized spacial score (nSPS) is 12.6. The number of hydrogen-bond acceptors (Lipinski definition) is 2. The maximum Gasteiger partial charge on any atom is 0.146 e. The summed E-state index contributed by atoms with van der Waals surface area (Å²) in [7, 11) is 3.83. The molecule has 0 radical (unpaired) electrons. The van der Waals surface area contributed by atoms with Gasteiger partial charge >= 0.3 is 0 Å². The molecule has 0 aliphatic heterocycles. The smallest absolute Gasteiger partial charge is 0.146 e. The third-order valence-corrected chi connectivity index (χ3v) is 2.86. The lowest BCUT2D eigenvalue weighted by Crippen LogP contribution is -2.23. The zero-order valence-electron chi connectivity index (χ0n) is 10.5. The summed E-state index contributed by atoms with van der Waals surface area (Å²) in [6.45, 7) is 5.00. The Labute approximate surface area is 97.5 Å². The number of para-hydroxylation sites is 1. The van der Waals surface area contributed by atoms with Gasteiger partial charge in [0.15, 0.2) is 0 Å². The van der Waals surface area contributed by atoms with Crippen LogP contribution in [0, 0.1) is 5.82 Å². The van der Waals surface area contributed by atoms with Gasteiger partial charge in [-0.3, -0.25) is 0 Å². The van der Waals surface area contributed by atoms with Crippen molar-refractivity contribution in [3.8, 4) is 0 Å². The summed E-state index contributed by atoms with van der Waals surface area (Å²) in [4.78, 5) is 1.98. The van der Waals surface area contributed by atoms with Gasteiger partial charge in [0.1, 0.15) is 5.82 Å². The van der Waals surface area contributed by atoms with Crippen molar-refractivity contribution in [3.63, 3.8) is 0 Å². The number of hydrogen-bond donors (Lipinski definition) is 1. The summed E-state index contributed by atoms with van der Waals surface area (Å²) < 4.78 is 13.9. The van der Waals surface area contributed by atoms with Crippen LogP contribution >= 0.6 is 0 Å². The SMILES string of the molecule is CCCN(C)c1c(F)cccc1C(C)NC. The van der Waals surface area contributed by atoms with E-state index in [0.29, 0.717) is 5.69 Å². The highest BCUT2D eigenvalue weighted by atomic mass is 19.1. The van der Waals surface area contributed by atoms with E-state index < -0.39 is 0 Å². The van der Waals surface area contributed by atoms with Gasteiger partial charge < -0.3 is 10.2 Å². The van der Waals surface area contributed by atoms with E-state index in [1.165, 1.54) is 6.07 Å². The number of nitrogens with zero attached hydrogens (tertiary/aromatic N) is 1. The largest absolute Gasteiger partial charge is 0.372 e. The van der Waals surface area contributed by atoms with Gasteiger partial charge in [0.05, 0.1) is 5.69 Å². The van der Waals surface area contributed by atoms with Gasteiger partial charge in [-0.05, 0) is 32.0 Å². The van der Waals surface area contributed by atoms with Crippen LogP contribution in [0.5, 0.6) is 0 Å². The molecule has 1 atom stereocenters. The Morgan fingerprint density at radius 3 is 2.69 bits per heavy atom. The van der Waals surface area contributed by atoms with Crippen molar-refractivity contribution in [2.45, 2.75) is 26.3 Å². The molecule has 1 aromatic rings. The molecule has 0 saturated carbocycles. The molecule has 0 aliphatic carbocycles. The van der Waals surface area contributed by atoms with Crippen molar-refractivity contribution in [2.24, 2.45) is 0 Å². The number of halogens is 1. The van der Waals surface area contributed by atoms with E-state index >= 15 is 0 Å². The molecule has 0 amide bonds. The minimum Gasteiger partial charge on any atom is -0.372 e. The first-order valence-electron chi connectivity index (χ1n) is 5.78. The van der Waals surface area contributed by atoms with Crippen LogP contribution in [0.3, 0.4) is 0 Å². The van der Waals surface area contributed by atoms with Gasteiger partial charge in [-0.1, -0.05) is 19.1 Å². The average Bonchev–Trinajstić information content (AvgIpc) is 2.27. The number of rotatable bonds is 5. The molecule has 90 valence electrons. The highest BCUT2D eigenvalue weighted by Crippen LogP contribution is 2.28. The first-order chi connectivity index (χ1) is 7.61. The van der Waals surface area contributed by atoms with Crippen molar-refractivity contribution in [3.05, 3.63) is 29.6 Å². The Morgan fingerprint density at radius 1 is 1.44 bits per heavy atom. The van der Waals surface area contributed by atoms with E-state index in [4.69, 9.17) is 0 Å². The minimum absolute atomic E-state index is 0.143. The second kappa shape index (κ2) is 5.85. The van der Waals surface area contributed by atoms with Crippen LogP contribution < -0.4 is 10.2 Å². The van der Waals surface area contributed by atoms with Gasteiger partial charge in [-0.2, -0.15) is 0 Å². The van der Waals surface area contributed by atoms with Crippen molar-refractivity contribution in [2.75, 3.05) is 25.5 Å². The molecule has 0 spiro atoms. The summed E-state index contributed by atoms with van der Waals surface area (Å²) in [6.07, 6.45) is 1.01. The van der Waals surface area contributed by atoms with Crippen molar-refractivity contribution in [1.82, 2.24) is 5.32 Å². The summed E-state index contributed by atoms with van der Waals surface area (Å²) in [5, 5.41) is 3.15. The third-order valence-electron chi connectivity index (χ3n) is 2.86. The zero-order chi connectivity index (χ0) is 12.1. The maximum absolute atomic E-state index is 13.9. The lowest BCUT2D eigenvalue weighted by Gasteiger charge is -2.25. The molecule has 0 fully saturated rings. The maximum atomic E-state index is 13.9. The second-order valence-corrected chi connectivity index (χ2v) is 4.11. The van der Waals surface area contributed by atoms with E-state index in [1.54, 1.807) is 6.07 Å². The van der Waals surface area contributed by atoms with E-state index in [2.05, 4.69) is 12.2 Å². The third kappa shape index (κ3) is 2.73.